The number of rotatable bonds is 5. The molecule has 0 saturated carbocycles. The molecule has 1 aromatic carbocycles. The van der Waals surface area contributed by atoms with E-state index in [1.54, 1.807) is 12.1 Å². The lowest BCUT2D eigenvalue weighted by atomic mass is 10.1. The Morgan fingerprint density at radius 1 is 1.26 bits per heavy atom. The first-order valence-electron chi connectivity index (χ1n) is 6.57. The molecule has 1 N–H and O–H groups in total. The molecule has 0 radical (unpaired) electrons. The van der Waals surface area contributed by atoms with Gasteiger partial charge >= 0.3 is 0 Å². The first-order chi connectivity index (χ1) is 9.19. The van der Waals surface area contributed by atoms with Crippen molar-refractivity contribution < 1.29 is 4.39 Å². The number of halogens is 1. The van der Waals surface area contributed by atoms with Gasteiger partial charge in [-0.2, -0.15) is 5.10 Å². The minimum Gasteiger partial charge on any atom is -0.316 e. The highest BCUT2D eigenvalue weighted by molar-refractivity contribution is 5.41. The van der Waals surface area contributed by atoms with Crippen molar-refractivity contribution >= 4 is 0 Å². The van der Waals surface area contributed by atoms with Crippen LogP contribution in [0.2, 0.25) is 0 Å². The van der Waals surface area contributed by atoms with Crippen molar-refractivity contribution in [1.82, 2.24) is 20.1 Å². The van der Waals surface area contributed by atoms with Crippen molar-refractivity contribution in [1.29, 1.82) is 0 Å². The van der Waals surface area contributed by atoms with Crippen LogP contribution in [0.25, 0.3) is 5.69 Å². The Bertz CT molecular complexity index is 563. The zero-order chi connectivity index (χ0) is 13.8. The van der Waals surface area contributed by atoms with Crippen molar-refractivity contribution in [3.8, 4) is 5.69 Å². The van der Waals surface area contributed by atoms with Gasteiger partial charge in [0.1, 0.15) is 11.6 Å². The Morgan fingerprint density at radius 2 is 2.05 bits per heavy atom. The molecule has 0 aliphatic heterocycles. The van der Waals surface area contributed by atoms with E-state index in [1.807, 2.05) is 25.6 Å². The van der Waals surface area contributed by atoms with Crippen molar-refractivity contribution in [2.75, 3.05) is 7.05 Å². The third-order valence-corrected chi connectivity index (χ3v) is 2.99. The standard InChI is InChI=1S/C14H19FN4/c1-4-13-17-14(5-2)19(18-13)12-7-6-11(15)8-10(12)9-16-3/h6-8,16H,4-5,9H2,1-3H3. The van der Waals surface area contributed by atoms with Crippen molar-refractivity contribution in [2.24, 2.45) is 0 Å². The summed E-state index contributed by atoms with van der Waals surface area (Å²) in [7, 11) is 1.84. The highest BCUT2D eigenvalue weighted by Crippen LogP contribution is 2.18. The van der Waals surface area contributed by atoms with Crippen LogP contribution in [0.1, 0.15) is 31.1 Å². The Morgan fingerprint density at radius 3 is 2.68 bits per heavy atom. The minimum atomic E-state index is -0.233. The molecular weight excluding hydrogens is 243 g/mol. The molecule has 0 spiro atoms. The first-order valence-corrected chi connectivity index (χ1v) is 6.57. The molecule has 19 heavy (non-hydrogen) atoms. The summed E-state index contributed by atoms with van der Waals surface area (Å²) in [6.45, 7) is 4.66. The quantitative estimate of drug-likeness (QED) is 0.898. The van der Waals surface area contributed by atoms with Gasteiger partial charge in [0.25, 0.3) is 0 Å². The Balaban J connectivity index is 2.53. The maximum absolute atomic E-state index is 13.4. The van der Waals surface area contributed by atoms with Gasteiger partial charge in [-0.25, -0.2) is 14.1 Å². The lowest BCUT2D eigenvalue weighted by Gasteiger charge is -2.11. The zero-order valence-electron chi connectivity index (χ0n) is 11.6. The topological polar surface area (TPSA) is 42.7 Å². The summed E-state index contributed by atoms with van der Waals surface area (Å²) in [5.74, 6) is 1.49. The van der Waals surface area contributed by atoms with E-state index >= 15 is 0 Å². The summed E-state index contributed by atoms with van der Waals surface area (Å²) >= 11 is 0. The number of benzene rings is 1. The van der Waals surface area contributed by atoms with Gasteiger partial charge in [-0.1, -0.05) is 13.8 Å². The average molecular weight is 262 g/mol. The molecule has 1 aromatic heterocycles. The van der Waals surface area contributed by atoms with Crippen LogP contribution < -0.4 is 5.32 Å². The Kier molecular flexibility index (Phi) is 4.27. The molecule has 1 heterocycles. The number of hydrogen-bond acceptors (Lipinski definition) is 3. The van der Waals surface area contributed by atoms with Crippen LogP contribution in [-0.4, -0.2) is 21.8 Å². The molecule has 0 fully saturated rings. The van der Waals surface area contributed by atoms with Crippen LogP contribution in [0, 0.1) is 5.82 Å². The van der Waals surface area contributed by atoms with Crippen molar-refractivity contribution in [3.63, 3.8) is 0 Å². The Hall–Kier alpha value is -1.75. The Labute approximate surface area is 112 Å². The van der Waals surface area contributed by atoms with E-state index in [0.717, 1.165) is 35.7 Å². The summed E-state index contributed by atoms with van der Waals surface area (Å²) in [5, 5.41) is 7.55. The SMILES string of the molecule is CCc1nc(CC)n(-c2ccc(F)cc2CNC)n1. The van der Waals surface area contributed by atoms with E-state index in [4.69, 9.17) is 0 Å². The van der Waals surface area contributed by atoms with Gasteiger partial charge in [-0.15, -0.1) is 0 Å². The second-order valence-electron chi connectivity index (χ2n) is 4.37. The molecule has 102 valence electrons. The summed E-state index contributed by atoms with van der Waals surface area (Å²) in [6.07, 6.45) is 1.59. The van der Waals surface area contributed by atoms with Gasteiger partial charge < -0.3 is 5.32 Å². The van der Waals surface area contributed by atoms with Crippen LogP contribution in [0.15, 0.2) is 18.2 Å². The van der Waals surface area contributed by atoms with Crippen LogP contribution in [0.3, 0.4) is 0 Å². The molecule has 2 aromatic rings. The fourth-order valence-corrected chi connectivity index (χ4v) is 2.06. The van der Waals surface area contributed by atoms with Gasteiger partial charge in [-0.3, -0.25) is 0 Å². The van der Waals surface area contributed by atoms with Gasteiger partial charge in [0.15, 0.2) is 5.82 Å². The maximum Gasteiger partial charge on any atom is 0.151 e. The van der Waals surface area contributed by atoms with E-state index in [2.05, 4.69) is 15.4 Å². The van der Waals surface area contributed by atoms with Crippen LogP contribution in [0.4, 0.5) is 4.39 Å². The van der Waals surface area contributed by atoms with Gasteiger partial charge in [0.05, 0.1) is 5.69 Å². The lowest BCUT2D eigenvalue weighted by Crippen LogP contribution is -2.12. The zero-order valence-corrected chi connectivity index (χ0v) is 11.6. The average Bonchev–Trinajstić information content (AvgIpc) is 2.82. The molecule has 0 bridgehead atoms. The second kappa shape index (κ2) is 5.93. The second-order valence-corrected chi connectivity index (χ2v) is 4.37. The third kappa shape index (κ3) is 2.81. The molecule has 0 atom stereocenters. The molecule has 0 aliphatic rings. The number of aromatic nitrogens is 3. The first kappa shape index (κ1) is 13.7. The summed E-state index contributed by atoms with van der Waals surface area (Å²) < 4.78 is 15.2. The molecule has 2 rings (SSSR count). The molecule has 0 aliphatic carbocycles. The number of hydrogen-bond donors (Lipinski definition) is 1. The summed E-state index contributed by atoms with van der Waals surface area (Å²) in [5.41, 5.74) is 1.77. The monoisotopic (exact) mass is 262 g/mol. The van der Waals surface area contributed by atoms with E-state index in [-0.39, 0.29) is 5.82 Å². The normalized spacial score (nSPS) is 10.9. The fraction of sp³-hybridized carbons (Fsp3) is 0.429. The number of aryl methyl sites for hydroxylation is 2. The predicted octanol–water partition coefficient (Wildman–Crippen LogP) is 2.25. The number of nitrogens with one attached hydrogen (secondary N) is 1. The van der Waals surface area contributed by atoms with Gasteiger partial charge in [0, 0.05) is 19.4 Å². The van der Waals surface area contributed by atoms with E-state index in [0.29, 0.717) is 6.54 Å². The predicted molar refractivity (Wildman–Crippen MR) is 72.8 cm³/mol. The molecule has 0 saturated heterocycles. The fourth-order valence-electron chi connectivity index (χ4n) is 2.06. The molecule has 0 amide bonds. The molecule has 0 unspecified atom stereocenters. The molecular formula is C14H19FN4. The molecule has 5 heteroatoms. The number of nitrogens with zero attached hydrogens (tertiary/aromatic N) is 3. The van der Waals surface area contributed by atoms with Crippen LogP contribution in [-0.2, 0) is 19.4 Å². The van der Waals surface area contributed by atoms with E-state index < -0.39 is 0 Å². The third-order valence-electron chi connectivity index (χ3n) is 2.99. The minimum absolute atomic E-state index is 0.233. The summed E-state index contributed by atoms with van der Waals surface area (Å²) in [6, 6.07) is 4.76. The summed E-state index contributed by atoms with van der Waals surface area (Å²) in [4.78, 5) is 4.48. The van der Waals surface area contributed by atoms with E-state index in [9.17, 15) is 4.39 Å². The molecule has 4 nitrogen and oxygen atoms in total. The maximum atomic E-state index is 13.4. The lowest BCUT2D eigenvalue weighted by molar-refractivity contribution is 0.621. The van der Waals surface area contributed by atoms with Gasteiger partial charge in [0.2, 0.25) is 0 Å². The van der Waals surface area contributed by atoms with Crippen LogP contribution in [0.5, 0.6) is 0 Å². The highest BCUT2D eigenvalue weighted by Gasteiger charge is 2.12. The van der Waals surface area contributed by atoms with Gasteiger partial charge in [-0.05, 0) is 30.8 Å². The van der Waals surface area contributed by atoms with Crippen molar-refractivity contribution in [3.05, 3.63) is 41.2 Å². The highest BCUT2D eigenvalue weighted by atomic mass is 19.1. The largest absolute Gasteiger partial charge is 0.316 e. The smallest absolute Gasteiger partial charge is 0.151 e. The van der Waals surface area contributed by atoms with Crippen LogP contribution >= 0.6 is 0 Å². The van der Waals surface area contributed by atoms with E-state index in [1.165, 1.54) is 6.07 Å². The van der Waals surface area contributed by atoms with Crippen molar-refractivity contribution in [2.45, 2.75) is 33.2 Å².